The third-order valence-electron chi connectivity index (χ3n) is 3.43. The van der Waals surface area contributed by atoms with Gasteiger partial charge in [-0.2, -0.15) is 4.31 Å². The van der Waals surface area contributed by atoms with Gasteiger partial charge in [-0.25, -0.2) is 8.42 Å². The Hall–Kier alpha value is -0.470. The van der Waals surface area contributed by atoms with Gasteiger partial charge < -0.3 is 9.84 Å². The molecule has 0 aromatic carbocycles. The number of aliphatic hydroxyl groups is 1. The second kappa shape index (κ2) is 4.57. The summed E-state index contributed by atoms with van der Waals surface area (Å²) >= 11 is 1.27. The van der Waals surface area contributed by atoms with E-state index < -0.39 is 10.0 Å². The van der Waals surface area contributed by atoms with Crippen LogP contribution in [0.4, 0.5) is 0 Å². The van der Waals surface area contributed by atoms with Gasteiger partial charge in [0.15, 0.2) is 0 Å². The van der Waals surface area contributed by atoms with Crippen LogP contribution in [0.5, 0.6) is 0 Å². The molecule has 0 amide bonds. The van der Waals surface area contributed by atoms with E-state index in [1.54, 1.807) is 11.4 Å². The Labute approximate surface area is 110 Å². The SMILES string of the molecule is O=S(=O)(c1csc(CO)c1)N1CC2CCC(C1)O2. The third kappa shape index (κ3) is 2.10. The minimum Gasteiger partial charge on any atom is -0.391 e. The van der Waals surface area contributed by atoms with E-state index in [9.17, 15) is 8.42 Å². The second-order valence-corrected chi connectivity index (χ2v) is 7.62. The average Bonchev–Trinajstić information content (AvgIpc) is 2.96. The van der Waals surface area contributed by atoms with Crippen LogP contribution in [-0.2, 0) is 21.4 Å². The maximum atomic E-state index is 12.4. The van der Waals surface area contributed by atoms with Crippen LogP contribution < -0.4 is 0 Å². The number of aliphatic hydroxyl groups excluding tert-OH is 1. The molecule has 18 heavy (non-hydrogen) atoms. The van der Waals surface area contributed by atoms with Crippen LogP contribution >= 0.6 is 11.3 Å². The summed E-state index contributed by atoms with van der Waals surface area (Å²) in [5.74, 6) is 0. The molecular formula is C11H15NO4S2. The number of rotatable bonds is 3. The van der Waals surface area contributed by atoms with Crippen LogP contribution in [-0.4, -0.2) is 43.1 Å². The molecular weight excluding hydrogens is 274 g/mol. The number of thiophene rings is 1. The summed E-state index contributed by atoms with van der Waals surface area (Å²) < 4.78 is 32.0. The van der Waals surface area contributed by atoms with Gasteiger partial charge in [0.2, 0.25) is 10.0 Å². The Kier molecular flexibility index (Phi) is 3.19. The van der Waals surface area contributed by atoms with E-state index in [1.165, 1.54) is 15.6 Å². The molecule has 2 aliphatic heterocycles. The van der Waals surface area contributed by atoms with E-state index in [1.807, 2.05) is 0 Å². The molecule has 7 heteroatoms. The molecule has 0 spiro atoms. The van der Waals surface area contributed by atoms with Crippen molar-refractivity contribution in [2.75, 3.05) is 13.1 Å². The highest BCUT2D eigenvalue weighted by Crippen LogP contribution is 2.31. The van der Waals surface area contributed by atoms with Crippen LogP contribution in [0.2, 0.25) is 0 Å². The molecule has 1 aromatic rings. The van der Waals surface area contributed by atoms with E-state index >= 15 is 0 Å². The quantitative estimate of drug-likeness (QED) is 0.893. The summed E-state index contributed by atoms with van der Waals surface area (Å²) in [6.07, 6.45) is 1.99. The first kappa shape index (κ1) is 12.6. The molecule has 1 N–H and O–H groups in total. The van der Waals surface area contributed by atoms with Gasteiger partial charge in [-0.15, -0.1) is 11.3 Å². The van der Waals surface area contributed by atoms with Crippen molar-refractivity contribution in [1.82, 2.24) is 4.31 Å². The molecule has 2 unspecified atom stereocenters. The highest BCUT2D eigenvalue weighted by Gasteiger charge is 2.39. The standard InChI is InChI=1S/C11H15NO4S2/c13-6-10-3-11(7-17-10)18(14,15)12-4-8-1-2-9(5-12)16-8/h3,7-9,13H,1-2,4-6H2. The third-order valence-corrected chi connectivity index (χ3v) is 6.31. The largest absolute Gasteiger partial charge is 0.391 e. The summed E-state index contributed by atoms with van der Waals surface area (Å²) in [5.41, 5.74) is 0. The van der Waals surface area contributed by atoms with Crippen LogP contribution in [0, 0.1) is 0 Å². The molecule has 2 fully saturated rings. The number of hydrogen-bond acceptors (Lipinski definition) is 5. The normalized spacial score (nSPS) is 28.7. The molecule has 1 aromatic heterocycles. The molecule has 0 aliphatic carbocycles. The lowest BCUT2D eigenvalue weighted by Gasteiger charge is -2.30. The minimum atomic E-state index is -3.42. The zero-order chi connectivity index (χ0) is 12.8. The van der Waals surface area contributed by atoms with Crippen molar-refractivity contribution in [2.45, 2.75) is 36.6 Å². The number of hydrogen-bond donors (Lipinski definition) is 1. The fraction of sp³-hybridized carbons (Fsp3) is 0.636. The molecule has 2 bridgehead atoms. The molecule has 2 saturated heterocycles. The lowest BCUT2D eigenvalue weighted by molar-refractivity contribution is -0.0114. The molecule has 0 saturated carbocycles. The van der Waals surface area contributed by atoms with Crippen molar-refractivity contribution in [3.05, 3.63) is 16.3 Å². The second-order valence-electron chi connectivity index (χ2n) is 4.69. The zero-order valence-corrected chi connectivity index (χ0v) is 11.4. The highest BCUT2D eigenvalue weighted by molar-refractivity contribution is 7.89. The van der Waals surface area contributed by atoms with Crippen LogP contribution in [0.15, 0.2) is 16.3 Å². The smallest absolute Gasteiger partial charge is 0.244 e. The molecule has 0 radical (unpaired) electrons. The van der Waals surface area contributed by atoms with Crippen molar-refractivity contribution >= 4 is 21.4 Å². The Morgan fingerprint density at radius 2 is 2.06 bits per heavy atom. The Bertz CT molecular complexity index is 527. The first-order chi connectivity index (χ1) is 8.59. The molecule has 3 heterocycles. The number of fused-ring (bicyclic) bond motifs is 2. The predicted octanol–water partition coefficient (Wildman–Crippen LogP) is 0.792. The van der Waals surface area contributed by atoms with E-state index in [0.29, 0.717) is 18.0 Å². The Morgan fingerprint density at radius 1 is 1.39 bits per heavy atom. The van der Waals surface area contributed by atoms with Crippen molar-refractivity contribution in [1.29, 1.82) is 0 Å². The molecule has 2 atom stereocenters. The van der Waals surface area contributed by atoms with Gasteiger partial charge >= 0.3 is 0 Å². The van der Waals surface area contributed by atoms with Crippen molar-refractivity contribution < 1.29 is 18.3 Å². The molecule has 100 valence electrons. The van der Waals surface area contributed by atoms with Gasteiger partial charge in [0.1, 0.15) is 0 Å². The van der Waals surface area contributed by atoms with Crippen LogP contribution in [0.25, 0.3) is 0 Å². The summed E-state index contributed by atoms with van der Waals surface area (Å²) in [4.78, 5) is 0.961. The number of sulfonamides is 1. The van der Waals surface area contributed by atoms with Gasteiger partial charge in [0.05, 0.1) is 23.7 Å². The van der Waals surface area contributed by atoms with E-state index in [2.05, 4.69) is 0 Å². The lowest BCUT2D eigenvalue weighted by atomic mass is 10.2. The molecule has 2 aliphatic rings. The van der Waals surface area contributed by atoms with Crippen molar-refractivity contribution in [3.8, 4) is 0 Å². The van der Waals surface area contributed by atoms with Gasteiger partial charge in [-0.1, -0.05) is 0 Å². The first-order valence-corrected chi connectivity index (χ1v) is 8.25. The highest BCUT2D eigenvalue weighted by atomic mass is 32.2. The number of ether oxygens (including phenoxy) is 1. The fourth-order valence-corrected chi connectivity index (χ4v) is 5.13. The lowest BCUT2D eigenvalue weighted by Crippen LogP contribution is -2.45. The number of nitrogens with zero attached hydrogens (tertiary/aromatic N) is 1. The van der Waals surface area contributed by atoms with Crippen molar-refractivity contribution in [3.63, 3.8) is 0 Å². The van der Waals surface area contributed by atoms with Crippen LogP contribution in [0.3, 0.4) is 0 Å². The van der Waals surface area contributed by atoms with Crippen LogP contribution in [0.1, 0.15) is 17.7 Å². The maximum absolute atomic E-state index is 12.4. The predicted molar refractivity (Wildman–Crippen MR) is 66.9 cm³/mol. The molecule has 5 nitrogen and oxygen atoms in total. The topological polar surface area (TPSA) is 66.8 Å². The zero-order valence-electron chi connectivity index (χ0n) is 9.78. The summed E-state index contributed by atoms with van der Waals surface area (Å²) in [6, 6.07) is 1.55. The summed E-state index contributed by atoms with van der Waals surface area (Å²) in [5, 5.41) is 10.6. The van der Waals surface area contributed by atoms with E-state index in [0.717, 1.165) is 12.8 Å². The summed E-state index contributed by atoms with van der Waals surface area (Å²) in [6.45, 7) is 0.779. The van der Waals surface area contributed by atoms with Gasteiger partial charge in [0, 0.05) is 23.3 Å². The van der Waals surface area contributed by atoms with E-state index in [-0.39, 0.29) is 23.7 Å². The van der Waals surface area contributed by atoms with Crippen molar-refractivity contribution in [2.24, 2.45) is 0 Å². The minimum absolute atomic E-state index is 0.0504. The van der Waals surface area contributed by atoms with Gasteiger partial charge in [-0.3, -0.25) is 0 Å². The summed E-state index contributed by atoms with van der Waals surface area (Å²) in [7, 11) is -3.42. The average molecular weight is 289 g/mol. The number of morpholine rings is 1. The monoisotopic (exact) mass is 289 g/mol. The maximum Gasteiger partial charge on any atom is 0.244 e. The Morgan fingerprint density at radius 3 is 2.61 bits per heavy atom. The molecule has 3 rings (SSSR count). The van der Waals surface area contributed by atoms with Gasteiger partial charge in [-0.05, 0) is 18.9 Å². The first-order valence-electron chi connectivity index (χ1n) is 5.93. The van der Waals surface area contributed by atoms with E-state index in [4.69, 9.17) is 9.84 Å². The van der Waals surface area contributed by atoms with Gasteiger partial charge in [0.25, 0.3) is 0 Å². The Balaban J connectivity index is 1.86. The fourth-order valence-electron chi connectivity index (χ4n) is 2.50.